The van der Waals surface area contributed by atoms with Crippen LogP contribution in [0.3, 0.4) is 0 Å². The van der Waals surface area contributed by atoms with Gasteiger partial charge in [-0.3, -0.25) is 4.90 Å². The number of nitrogens with two attached hydrogens (primary N) is 1. The van der Waals surface area contributed by atoms with Gasteiger partial charge in [-0.25, -0.2) is 0 Å². The number of rotatable bonds is 4. The molecule has 0 unspecified atom stereocenters. The van der Waals surface area contributed by atoms with Gasteiger partial charge >= 0.3 is 0 Å². The maximum absolute atomic E-state index is 5.80. The van der Waals surface area contributed by atoms with Crippen LogP contribution in [0.1, 0.15) is 31.0 Å². The number of hydrogen-bond acceptors (Lipinski definition) is 3. The van der Waals surface area contributed by atoms with E-state index in [1.807, 2.05) is 0 Å². The molecule has 3 N–H and O–H groups in total. The third-order valence-electron chi connectivity index (χ3n) is 4.38. The maximum Gasteiger partial charge on any atom is 0.0489 e. The van der Waals surface area contributed by atoms with E-state index in [9.17, 15) is 0 Å². The molecule has 0 spiro atoms. The van der Waals surface area contributed by atoms with E-state index in [2.05, 4.69) is 53.0 Å². The molecule has 0 amide bonds. The van der Waals surface area contributed by atoms with Gasteiger partial charge in [0.2, 0.25) is 0 Å². The lowest BCUT2D eigenvalue weighted by Crippen LogP contribution is -2.42. The van der Waals surface area contributed by atoms with Crippen molar-refractivity contribution in [2.45, 2.75) is 33.0 Å². The average molecular weight is 286 g/mol. The summed E-state index contributed by atoms with van der Waals surface area (Å²) in [5.41, 5.74) is 9.76. The topological polar surface area (TPSA) is 46.2 Å². The van der Waals surface area contributed by atoms with E-state index < -0.39 is 0 Å². The van der Waals surface area contributed by atoms with Crippen LogP contribution >= 0.6 is 0 Å². The number of fused-ring (bicyclic) bond motifs is 1. The standard InChI is InChI=1S/C17H26N4/c1-13(2)21-12-15(11-20-7-5-19-6-8-20)16-4-3-14(10-18)9-17(16)21/h3-4,9,12-13,19H,5-8,10-11,18H2,1-2H3. The second-order valence-corrected chi connectivity index (χ2v) is 6.24. The molecule has 4 nitrogen and oxygen atoms in total. The molecule has 2 heterocycles. The third-order valence-corrected chi connectivity index (χ3v) is 4.38. The highest BCUT2D eigenvalue weighted by Crippen LogP contribution is 2.27. The normalized spacial score (nSPS) is 17.0. The summed E-state index contributed by atoms with van der Waals surface area (Å²) in [6, 6.07) is 7.12. The summed E-state index contributed by atoms with van der Waals surface area (Å²) in [6.07, 6.45) is 2.33. The Labute approximate surface area is 126 Å². The van der Waals surface area contributed by atoms with E-state index in [0.717, 1.165) is 32.7 Å². The fourth-order valence-corrected chi connectivity index (χ4v) is 3.16. The number of aromatic nitrogens is 1. The van der Waals surface area contributed by atoms with E-state index >= 15 is 0 Å². The summed E-state index contributed by atoms with van der Waals surface area (Å²) in [4.78, 5) is 2.53. The average Bonchev–Trinajstić information content (AvgIpc) is 2.86. The van der Waals surface area contributed by atoms with Crippen LogP contribution in [0.25, 0.3) is 10.9 Å². The Morgan fingerprint density at radius 2 is 2.00 bits per heavy atom. The molecule has 21 heavy (non-hydrogen) atoms. The molecule has 1 aliphatic heterocycles. The Morgan fingerprint density at radius 1 is 1.24 bits per heavy atom. The second-order valence-electron chi connectivity index (χ2n) is 6.24. The van der Waals surface area contributed by atoms with Crippen molar-refractivity contribution < 1.29 is 0 Å². The molecular formula is C17H26N4. The van der Waals surface area contributed by atoms with Crippen molar-refractivity contribution in [1.29, 1.82) is 0 Å². The first-order chi connectivity index (χ1) is 10.2. The molecule has 2 aromatic rings. The largest absolute Gasteiger partial charge is 0.345 e. The first-order valence-corrected chi connectivity index (χ1v) is 7.94. The summed E-state index contributed by atoms with van der Waals surface area (Å²) in [5, 5.41) is 4.79. The molecule has 0 atom stereocenters. The molecule has 1 aromatic carbocycles. The minimum absolute atomic E-state index is 0.470. The van der Waals surface area contributed by atoms with Crippen molar-refractivity contribution in [1.82, 2.24) is 14.8 Å². The van der Waals surface area contributed by atoms with Crippen LogP contribution in [0.4, 0.5) is 0 Å². The van der Waals surface area contributed by atoms with E-state index in [0.29, 0.717) is 12.6 Å². The third kappa shape index (κ3) is 2.98. The number of nitrogens with zero attached hydrogens (tertiary/aromatic N) is 2. The molecule has 114 valence electrons. The summed E-state index contributed by atoms with van der Waals surface area (Å²) in [6.45, 7) is 10.6. The van der Waals surface area contributed by atoms with E-state index in [1.54, 1.807) is 0 Å². The van der Waals surface area contributed by atoms with Gasteiger partial charge in [-0.05, 0) is 31.0 Å². The fraction of sp³-hybridized carbons (Fsp3) is 0.529. The first kappa shape index (κ1) is 14.6. The van der Waals surface area contributed by atoms with Crippen molar-refractivity contribution in [2.75, 3.05) is 26.2 Å². The van der Waals surface area contributed by atoms with Gasteiger partial charge in [0.15, 0.2) is 0 Å². The molecule has 0 saturated carbocycles. The fourth-order valence-electron chi connectivity index (χ4n) is 3.16. The van der Waals surface area contributed by atoms with Gasteiger partial charge in [0.05, 0.1) is 0 Å². The van der Waals surface area contributed by atoms with Gasteiger partial charge in [0.25, 0.3) is 0 Å². The summed E-state index contributed by atoms with van der Waals surface area (Å²) in [7, 11) is 0. The highest BCUT2D eigenvalue weighted by atomic mass is 15.2. The second kappa shape index (κ2) is 6.18. The summed E-state index contributed by atoms with van der Waals surface area (Å²) >= 11 is 0. The van der Waals surface area contributed by atoms with Crippen LogP contribution < -0.4 is 11.1 Å². The monoisotopic (exact) mass is 286 g/mol. The van der Waals surface area contributed by atoms with Gasteiger partial charge in [-0.15, -0.1) is 0 Å². The quantitative estimate of drug-likeness (QED) is 0.904. The highest BCUT2D eigenvalue weighted by molar-refractivity contribution is 5.84. The molecule has 1 aromatic heterocycles. The predicted molar refractivity (Wildman–Crippen MR) is 88.4 cm³/mol. The van der Waals surface area contributed by atoms with Crippen LogP contribution in [0.5, 0.6) is 0 Å². The van der Waals surface area contributed by atoms with Crippen molar-refractivity contribution in [3.63, 3.8) is 0 Å². The predicted octanol–water partition coefficient (Wildman–Crippen LogP) is 2.09. The Hall–Kier alpha value is -1.36. The molecule has 1 fully saturated rings. The molecule has 0 aliphatic carbocycles. The van der Waals surface area contributed by atoms with Crippen molar-refractivity contribution >= 4 is 10.9 Å². The van der Waals surface area contributed by atoms with E-state index in [1.165, 1.54) is 22.0 Å². The highest BCUT2D eigenvalue weighted by Gasteiger charge is 2.15. The molecule has 3 rings (SSSR count). The van der Waals surface area contributed by atoms with Gasteiger partial charge in [0, 0.05) is 62.4 Å². The minimum atomic E-state index is 0.470. The van der Waals surface area contributed by atoms with Crippen LogP contribution in [0.15, 0.2) is 24.4 Å². The lowest BCUT2D eigenvalue weighted by atomic mass is 10.1. The maximum atomic E-state index is 5.80. The lowest BCUT2D eigenvalue weighted by Gasteiger charge is -2.26. The van der Waals surface area contributed by atoms with Crippen LogP contribution in [0, 0.1) is 0 Å². The Kier molecular flexibility index (Phi) is 4.29. The molecule has 1 aliphatic rings. The van der Waals surface area contributed by atoms with Crippen LogP contribution in [-0.4, -0.2) is 35.6 Å². The summed E-state index contributed by atoms with van der Waals surface area (Å²) < 4.78 is 2.38. The van der Waals surface area contributed by atoms with E-state index in [4.69, 9.17) is 5.73 Å². The zero-order valence-corrected chi connectivity index (χ0v) is 13.1. The Morgan fingerprint density at radius 3 is 2.67 bits per heavy atom. The van der Waals surface area contributed by atoms with Crippen molar-refractivity contribution in [2.24, 2.45) is 5.73 Å². The van der Waals surface area contributed by atoms with Gasteiger partial charge in [0.1, 0.15) is 0 Å². The summed E-state index contributed by atoms with van der Waals surface area (Å²) in [5.74, 6) is 0. The zero-order valence-electron chi connectivity index (χ0n) is 13.1. The van der Waals surface area contributed by atoms with Gasteiger partial charge in [-0.1, -0.05) is 12.1 Å². The Bertz CT molecular complexity index is 609. The lowest BCUT2D eigenvalue weighted by molar-refractivity contribution is 0.234. The molecule has 0 bridgehead atoms. The first-order valence-electron chi connectivity index (χ1n) is 7.94. The van der Waals surface area contributed by atoms with Crippen LogP contribution in [0.2, 0.25) is 0 Å². The van der Waals surface area contributed by atoms with Crippen molar-refractivity contribution in [3.8, 4) is 0 Å². The minimum Gasteiger partial charge on any atom is -0.345 e. The van der Waals surface area contributed by atoms with E-state index in [-0.39, 0.29) is 0 Å². The number of nitrogens with one attached hydrogen (secondary N) is 1. The number of piperazine rings is 1. The zero-order chi connectivity index (χ0) is 14.8. The smallest absolute Gasteiger partial charge is 0.0489 e. The van der Waals surface area contributed by atoms with Crippen molar-refractivity contribution in [3.05, 3.63) is 35.5 Å². The molecule has 0 radical (unpaired) electrons. The number of benzene rings is 1. The van der Waals surface area contributed by atoms with Gasteiger partial charge < -0.3 is 15.6 Å². The van der Waals surface area contributed by atoms with Crippen LogP contribution in [-0.2, 0) is 13.1 Å². The van der Waals surface area contributed by atoms with Gasteiger partial charge in [-0.2, -0.15) is 0 Å². The Balaban J connectivity index is 1.97. The number of hydrogen-bond donors (Lipinski definition) is 2. The molecule has 1 saturated heterocycles. The SMILES string of the molecule is CC(C)n1cc(CN2CCNCC2)c2ccc(CN)cc21. The molecule has 4 heteroatoms. The molecular weight excluding hydrogens is 260 g/mol.